The Morgan fingerprint density at radius 1 is 1.41 bits per heavy atom. The molecular weight excluding hydrogens is 210 g/mol. The third-order valence-electron chi connectivity index (χ3n) is 3.99. The number of aliphatic hydroxyl groups is 1. The lowest BCUT2D eigenvalue weighted by molar-refractivity contribution is 0.108. The topological polar surface area (TPSA) is 33.1 Å². The summed E-state index contributed by atoms with van der Waals surface area (Å²) in [5.74, 6) is 1.27. The van der Waals surface area contributed by atoms with Crippen molar-refractivity contribution in [2.45, 2.75) is 52.1 Å². The van der Waals surface area contributed by atoms with Crippen LogP contribution in [0.4, 0.5) is 0 Å². The minimum absolute atomic E-state index is 0.208. The van der Waals surface area contributed by atoms with E-state index in [4.69, 9.17) is 0 Å². The first-order chi connectivity index (χ1) is 8.19. The van der Waals surface area contributed by atoms with Crippen LogP contribution in [0.15, 0.2) is 18.3 Å². The summed E-state index contributed by atoms with van der Waals surface area (Å²) in [6.45, 7) is 4.41. The molecule has 3 atom stereocenters. The fraction of sp³-hybridized carbons (Fsp3) is 0.667. The van der Waals surface area contributed by atoms with E-state index in [1.165, 1.54) is 24.8 Å². The molecule has 17 heavy (non-hydrogen) atoms. The standard InChI is InChI=1S/C15H23NO/c1-3-12-5-7-14(16-10-12)9-15(17)13-6-4-11(2)8-13/h5,7,10-11,13,15,17H,3-4,6,8-9H2,1-2H3. The lowest BCUT2D eigenvalue weighted by atomic mass is 9.95. The van der Waals surface area contributed by atoms with Gasteiger partial charge in [-0.15, -0.1) is 0 Å². The highest BCUT2D eigenvalue weighted by molar-refractivity contribution is 5.14. The molecule has 0 aromatic carbocycles. The molecule has 0 spiro atoms. The first-order valence-corrected chi connectivity index (χ1v) is 6.81. The van der Waals surface area contributed by atoms with Crippen LogP contribution in [0.2, 0.25) is 0 Å². The monoisotopic (exact) mass is 233 g/mol. The number of nitrogens with zero attached hydrogens (tertiary/aromatic N) is 1. The fourth-order valence-electron chi connectivity index (χ4n) is 2.77. The number of pyridine rings is 1. The van der Waals surface area contributed by atoms with Gasteiger partial charge in [-0.2, -0.15) is 0 Å². The zero-order valence-corrected chi connectivity index (χ0v) is 10.9. The highest BCUT2D eigenvalue weighted by Gasteiger charge is 2.27. The van der Waals surface area contributed by atoms with Crippen LogP contribution in [0.1, 0.15) is 44.4 Å². The third-order valence-corrected chi connectivity index (χ3v) is 3.99. The molecule has 0 bridgehead atoms. The first kappa shape index (κ1) is 12.6. The summed E-state index contributed by atoms with van der Waals surface area (Å²) >= 11 is 0. The summed E-state index contributed by atoms with van der Waals surface area (Å²) in [6.07, 6.45) is 7.07. The van der Waals surface area contributed by atoms with Gasteiger partial charge < -0.3 is 5.11 Å². The van der Waals surface area contributed by atoms with Crippen LogP contribution >= 0.6 is 0 Å². The normalized spacial score (nSPS) is 26.1. The predicted molar refractivity (Wildman–Crippen MR) is 69.8 cm³/mol. The number of aryl methyl sites for hydroxylation is 1. The highest BCUT2D eigenvalue weighted by Crippen LogP contribution is 2.33. The molecule has 1 saturated carbocycles. The van der Waals surface area contributed by atoms with Gasteiger partial charge in [0.2, 0.25) is 0 Å². The Labute approximate surface area is 104 Å². The Morgan fingerprint density at radius 2 is 2.24 bits per heavy atom. The molecule has 0 aliphatic heterocycles. The van der Waals surface area contributed by atoms with E-state index in [-0.39, 0.29) is 6.10 Å². The van der Waals surface area contributed by atoms with Crippen molar-refractivity contribution in [3.63, 3.8) is 0 Å². The van der Waals surface area contributed by atoms with Crippen molar-refractivity contribution in [3.8, 4) is 0 Å². The Bertz CT molecular complexity index is 346. The van der Waals surface area contributed by atoms with Crippen molar-refractivity contribution in [3.05, 3.63) is 29.6 Å². The zero-order valence-electron chi connectivity index (χ0n) is 10.9. The van der Waals surface area contributed by atoms with Crippen molar-refractivity contribution in [2.75, 3.05) is 0 Å². The zero-order chi connectivity index (χ0) is 12.3. The molecule has 2 rings (SSSR count). The van der Waals surface area contributed by atoms with Crippen LogP contribution in [0.3, 0.4) is 0 Å². The summed E-state index contributed by atoms with van der Waals surface area (Å²) in [5.41, 5.74) is 2.28. The second-order valence-corrected chi connectivity index (χ2v) is 5.46. The van der Waals surface area contributed by atoms with E-state index < -0.39 is 0 Å². The Morgan fingerprint density at radius 3 is 2.76 bits per heavy atom. The third kappa shape index (κ3) is 3.29. The average molecular weight is 233 g/mol. The van der Waals surface area contributed by atoms with E-state index in [1.54, 1.807) is 0 Å². The lowest BCUT2D eigenvalue weighted by Gasteiger charge is -2.17. The van der Waals surface area contributed by atoms with Gasteiger partial charge >= 0.3 is 0 Å². The summed E-state index contributed by atoms with van der Waals surface area (Å²) in [4.78, 5) is 4.42. The summed E-state index contributed by atoms with van der Waals surface area (Å²) in [5, 5.41) is 10.2. The van der Waals surface area contributed by atoms with Gasteiger partial charge in [-0.05, 0) is 42.7 Å². The van der Waals surface area contributed by atoms with Crippen LogP contribution in [0.5, 0.6) is 0 Å². The van der Waals surface area contributed by atoms with Crippen LogP contribution in [-0.2, 0) is 12.8 Å². The van der Waals surface area contributed by atoms with Gasteiger partial charge in [-0.25, -0.2) is 0 Å². The SMILES string of the molecule is CCc1ccc(CC(O)C2CCC(C)C2)nc1. The summed E-state index contributed by atoms with van der Waals surface area (Å²) in [7, 11) is 0. The maximum absolute atomic E-state index is 10.2. The molecule has 94 valence electrons. The average Bonchev–Trinajstić information content (AvgIpc) is 2.77. The van der Waals surface area contributed by atoms with Gasteiger partial charge in [0.05, 0.1) is 6.10 Å². The Balaban J connectivity index is 1.91. The van der Waals surface area contributed by atoms with Crippen molar-refractivity contribution in [1.82, 2.24) is 4.98 Å². The molecule has 1 heterocycles. The van der Waals surface area contributed by atoms with Crippen molar-refractivity contribution >= 4 is 0 Å². The van der Waals surface area contributed by atoms with Gasteiger partial charge in [0.15, 0.2) is 0 Å². The molecule has 1 aromatic rings. The van der Waals surface area contributed by atoms with Crippen molar-refractivity contribution in [1.29, 1.82) is 0 Å². The van der Waals surface area contributed by atoms with Crippen LogP contribution in [-0.4, -0.2) is 16.2 Å². The second-order valence-electron chi connectivity index (χ2n) is 5.46. The second kappa shape index (κ2) is 5.63. The molecule has 3 unspecified atom stereocenters. The van der Waals surface area contributed by atoms with Crippen LogP contribution < -0.4 is 0 Å². The van der Waals surface area contributed by atoms with Gasteiger partial charge in [0.25, 0.3) is 0 Å². The van der Waals surface area contributed by atoms with E-state index in [0.29, 0.717) is 12.3 Å². The molecule has 0 amide bonds. The van der Waals surface area contributed by atoms with Gasteiger partial charge in [0.1, 0.15) is 0 Å². The largest absolute Gasteiger partial charge is 0.392 e. The molecular formula is C15H23NO. The summed E-state index contributed by atoms with van der Waals surface area (Å²) in [6, 6.07) is 4.17. The lowest BCUT2D eigenvalue weighted by Crippen LogP contribution is -2.21. The van der Waals surface area contributed by atoms with Gasteiger partial charge in [-0.1, -0.05) is 26.3 Å². The molecule has 2 heteroatoms. The molecule has 1 aliphatic carbocycles. The predicted octanol–water partition coefficient (Wildman–Crippen LogP) is 2.98. The highest BCUT2D eigenvalue weighted by atomic mass is 16.3. The number of hydrogen-bond acceptors (Lipinski definition) is 2. The van der Waals surface area contributed by atoms with Crippen LogP contribution in [0, 0.1) is 11.8 Å². The summed E-state index contributed by atoms with van der Waals surface area (Å²) < 4.78 is 0. The quantitative estimate of drug-likeness (QED) is 0.867. The minimum atomic E-state index is -0.208. The van der Waals surface area contributed by atoms with E-state index in [1.807, 2.05) is 6.20 Å². The van der Waals surface area contributed by atoms with E-state index in [0.717, 1.165) is 18.0 Å². The minimum Gasteiger partial charge on any atom is -0.392 e. The maximum atomic E-state index is 10.2. The molecule has 1 fully saturated rings. The number of aromatic nitrogens is 1. The van der Waals surface area contributed by atoms with E-state index in [9.17, 15) is 5.11 Å². The maximum Gasteiger partial charge on any atom is 0.0623 e. The number of hydrogen-bond donors (Lipinski definition) is 1. The Hall–Kier alpha value is -0.890. The molecule has 2 nitrogen and oxygen atoms in total. The smallest absolute Gasteiger partial charge is 0.0623 e. The molecule has 1 N–H and O–H groups in total. The molecule has 0 radical (unpaired) electrons. The van der Waals surface area contributed by atoms with Crippen LogP contribution in [0.25, 0.3) is 0 Å². The van der Waals surface area contributed by atoms with E-state index in [2.05, 4.69) is 31.0 Å². The fourth-order valence-corrected chi connectivity index (χ4v) is 2.77. The van der Waals surface area contributed by atoms with E-state index >= 15 is 0 Å². The molecule has 1 aliphatic rings. The first-order valence-electron chi connectivity index (χ1n) is 6.81. The van der Waals surface area contributed by atoms with Gasteiger partial charge in [-0.3, -0.25) is 4.98 Å². The Kier molecular flexibility index (Phi) is 4.16. The van der Waals surface area contributed by atoms with Gasteiger partial charge in [0, 0.05) is 18.3 Å². The molecule has 0 saturated heterocycles. The molecule has 1 aromatic heterocycles. The number of aliphatic hydroxyl groups excluding tert-OH is 1. The number of rotatable bonds is 4. The van der Waals surface area contributed by atoms with Crippen molar-refractivity contribution < 1.29 is 5.11 Å². The van der Waals surface area contributed by atoms with Crippen molar-refractivity contribution in [2.24, 2.45) is 11.8 Å².